The Kier molecular flexibility index (Phi) is 4.80. The molecule has 0 aliphatic carbocycles. The van der Waals surface area contributed by atoms with E-state index in [1.807, 2.05) is 39.8 Å². The predicted molar refractivity (Wildman–Crippen MR) is 79.8 cm³/mol. The molecule has 0 saturated heterocycles. The molecule has 3 nitrogen and oxygen atoms in total. The van der Waals surface area contributed by atoms with Crippen molar-refractivity contribution in [3.05, 3.63) is 29.8 Å². The van der Waals surface area contributed by atoms with E-state index < -0.39 is 10.0 Å². The van der Waals surface area contributed by atoms with Crippen molar-refractivity contribution in [1.82, 2.24) is 4.72 Å². The lowest BCUT2D eigenvalue weighted by molar-refractivity contribution is 0.317. The van der Waals surface area contributed by atoms with Crippen molar-refractivity contribution in [2.75, 3.05) is 0 Å². The first-order valence-corrected chi connectivity index (χ1v) is 8.14. The fraction of sp³-hybridized carbons (Fsp3) is 0.600. The van der Waals surface area contributed by atoms with Gasteiger partial charge < -0.3 is 0 Å². The van der Waals surface area contributed by atoms with Crippen LogP contribution in [0.2, 0.25) is 0 Å². The molecule has 1 aromatic rings. The van der Waals surface area contributed by atoms with E-state index in [-0.39, 0.29) is 11.5 Å². The highest BCUT2D eigenvalue weighted by Crippen LogP contribution is 2.22. The van der Waals surface area contributed by atoms with Crippen LogP contribution in [0.4, 0.5) is 0 Å². The highest BCUT2D eigenvalue weighted by Gasteiger charge is 2.25. The third-order valence-electron chi connectivity index (χ3n) is 3.49. The summed E-state index contributed by atoms with van der Waals surface area (Å²) in [4.78, 5) is 0.327. The Morgan fingerprint density at radius 2 is 1.47 bits per heavy atom. The fourth-order valence-electron chi connectivity index (χ4n) is 1.51. The van der Waals surface area contributed by atoms with E-state index in [4.69, 9.17) is 0 Å². The molecule has 0 bridgehead atoms. The Bertz CT molecular complexity index is 510. The van der Waals surface area contributed by atoms with Gasteiger partial charge in [0.25, 0.3) is 0 Å². The van der Waals surface area contributed by atoms with Gasteiger partial charge in [-0.05, 0) is 36.0 Å². The van der Waals surface area contributed by atoms with Crippen LogP contribution in [0, 0.1) is 5.41 Å². The van der Waals surface area contributed by atoms with Gasteiger partial charge in [0.1, 0.15) is 0 Å². The van der Waals surface area contributed by atoms with Crippen LogP contribution < -0.4 is 4.72 Å². The summed E-state index contributed by atoms with van der Waals surface area (Å²) in [5.74, 6) is 0.401. The van der Waals surface area contributed by atoms with Crippen molar-refractivity contribution in [3.8, 4) is 0 Å². The molecule has 0 heterocycles. The molecule has 0 fully saturated rings. The Balaban J connectivity index is 2.95. The molecule has 19 heavy (non-hydrogen) atoms. The van der Waals surface area contributed by atoms with Gasteiger partial charge in [-0.1, -0.05) is 46.8 Å². The van der Waals surface area contributed by atoms with Crippen LogP contribution in [0.25, 0.3) is 0 Å². The molecule has 1 aromatic carbocycles. The van der Waals surface area contributed by atoms with Gasteiger partial charge in [-0.2, -0.15) is 0 Å². The third-order valence-corrected chi connectivity index (χ3v) is 5.04. The van der Waals surface area contributed by atoms with E-state index in [9.17, 15) is 8.42 Å². The van der Waals surface area contributed by atoms with Gasteiger partial charge in [0.15, 0.2) is 0 Å². The molecule has 0 aliphatic heterocycles. The zero-order valence-corrected chi connectivity index (χ0v) is 13.5. The second kappa shape index (κ2) is 5.63. The molecule has 1 N–H and O–H groups in total. The standard InChI is InChI=1S/C15H25NO2S/c1-11(2)13-7-9-14(10-8-13)19(17,18)16-12(3)15(4,5)6/h7-12,16H,1-6H3. The van der Waals surface area contributed by atoms with Crippen LogP contribution in [-0.4, -0.2) is 14.5 Å². The molecule has 0 spiro atoms. The smallest absolute Gasteiger partial charge is 0.208 e. The van der Waals surface area contributed by atoms with Crippen molar-refractivity contribution in [2.45, 2.75) is 58.4 Å². The van der Waals surface area contributed by atoms with Crippen molar-refractivity contribution >= 4 is 10.0 Å². The lowest BCUT2D eigenvalue weighted by atomic mass is 9.89. The fourth-order valence-corrected chi connectivity index (χ4v) is 2.96. The lowest BCUT2D eigenvalue weighted by Crippen LogP contribution is -2.41. The maximum Gasteiger partial charge on any atom is 0.240 e. The normalized spacial score (nSPS) is 14.7. The average molecular weight is 283 g/mol. The van der Waals surface area contributed by atoms with Crippen LogP contribution in [0.1, 0.15) is 53.0 Å². The topological polar surface area (TPSA) is 46.2 Å². The van der Waals surface area contributed by atoms with E-state index >= 15 is 0 Å². The molecular weight excluding hydrogens is 258 g/mol. The average Bonchev–Trinajstić information content (AvgIpc) is 2.27. The van der Waals surface area contributed by atoms with Crippen LogP contribution in [-0.2, 0) is 10.0 Å². The van der Waals surface area contributed by atoms with E-state index in [1.165, 1.54) is 0 Å². The number of sulfonamides is 1. The number of nitrogens with one attached hydrogen (secondary N) is 1. The maximum absolute atomic E-state index is 12.3. The SMILES string of the molecule is CC(C)c1ccc(S(=O)(=O)NC(C)C(C)(C)C)cc1. The molecule has 1 rings (SSSR count). The van der Waals surface area contributed by atoms with Gasteiger partial charge in [-0.25, -0.2) is 13.1 Å². The van der Waals surface area contributed by atoms with E-state index in [1.54, 1.807) is 12.1 Å². The minimum Gasteiger partial charge on any atom is -0.208 e. The van der Waals surface area contributed by atoms with E-state index in [2.05, 4.69) is 18.6 Å². The number of hydrogen-bond acceptors (Lipinski definition) is 2. The first kappa shape index (κ1) is 16.2. The summed E-state index contributed by atoms with van der Waals surface area (Å²) in [5.41, 5.74) is 1.04. The molecule has 108 valence electrons. The van der Waals surface area contributed by atoms with Gasteiger partial charge >= 0.3 is 0 Å². The minimum absolute atomic E-state index is 0.106. The molecule has 0 aliphatic rings. The molecule has 0 aromatic heterocycles. The van der Waals surface area contributed by atoms with E-state index in [0.29, 0.717) is 10.8 Å². The summed E-state index contributed by atoms with van der Waals surface area (Å²) < 4.78 is 27.3. The zero-order valence-electron chi connectivity index (χ0n) is 12.7. The summed E-state index contributed by atoms with van der Waals surface area (Å²) in [7, 11) is -3.44. The van der Waals surface area contributed by atoms with Crippen molar-refractivity contribution in [1.29, 1.82) is 0 Å². The molecule has 0 amide bonds. The maximum atomic E-state index is 12.3. The van der Waals surface area contributed by atoms with Gasteiger partial charge in [0.05, 0.1) is 4.90 Å². The Morgan fingerprint density at radius 1 is 1.00 bits per heavy atom. The number of benzene rings is 1. The molecule has 1 unspecified atom stereocenters. The van der Waals surface area contributed by atoms with Gasteiger partial charge in [-0.15, -0.1) is 0 Å². The highest BCUT2D eigenvalue weighted by molar-refractivity contribution is 7.89. The van der Waals surface area contributed by atoms with Crippen molar-refractivity contribution < 1.29 is 8.42 Å². The Labute approximate surface area is 117 Å². The van der Waals surface area contributed by atoms with Crippen LogP contribution in [0.3, 0.4) is 0 Å². The second-order valence-corrected chi connectivity index (χ2v) is 8.15. The highest BCUT2D eigenvalue weighted by atomic mass is 32.2. The molecule has 0 saturated carbocycles. The quantitative estimate of drug-likeness (QED) is 0.919. The minimum atomic E-state index is -3.44. The second-order valence-electron chi connectivity index (χ2n) is 6.43. The first-order chi connectivity index (χ1) is 8.54. The largest absolute Gasteiger partial charge is 0.240 e. The summed E-state index contributed by atoms with van der Waals surface area (Å²) in [6, 6.07) is 6.98. The number of hydrogen-bond donors (Lipinski definition) is 1. The summed E-state index contributed by atoms with van der Waals surface area (Å²) in [6.07, 6.45) is 0. The van der Waals surface area contributed by atoms with Gasteiger partial charge in [0, 0.05) is 6.04 Å². The summed E-state index contributed by atoms with van der Waals surface area (Å²) in [6.45, 7) is 12.1. The first-order valence-electron chi connectivity index (χ1n) is 6.66. The summed E-state index contributed by atoms with van der Waals surface area (Å²) in [5, 5.41) is 0. The molecule has 1 atom stereocenters. The van der Waals surface area contributed by atoms with Crippen LogP contribution in [0.5, 0.6) is 0 Å². The third kappa shape index (κ3) is 4.32. The van der Waals surface area contributed by atoms with Gasteiger partial charge in [0.2, 0.25) is 10.0 Å². The molecular formula is C15H25NO2S. The Hall–Kier alpha value is -0.870. The number of rotatable bonds is 4. The lowest BCUT2D eigenvalue weighted by Gasteiger charge is -2.27. The monoisotopic (exact) mass is 283 g/mol. The van der Waals surface area contributed by atoms with Crippen molar-refractivity contribution in [2.24, 2.45) is 5.41 Å². The summed E-state index contributed by atoms with van der Waals surface area (Å²) >= 11 is 0. The molecule has 4 heteroatoms. The van der Waals surface area contributed by atoms with Crippen LogP contribution in [0.15, 0.2) is 29.2 Å². The van der Waals surface area contributed by atoms with E-state index in [0.717, 1.165) is 5.56 Å². The van der Waals surface area contributed by atoms with Crippen LogP contribution >= 0.6 is 0 Å². The van der Waals surface area contributed by atoms with Crippen molar-refractivity contribution in [3.63, 3.8) is 0 Å². The Morgan fingerprint density at radius 3 is 1.84 bits per heavy atom. The molecule has 0 radical (unpaired) electrons. The predicted octanol–water partition coefficient (Wildman–Crippen LogP) is 3.52. The zero-order chi connectivity index (χ0) is 14.8. The van der Waals surface area contributed by atoms with Gasteiger partial charge in [-0.3, -0.25) is 0 Å².